The molecule has 1 aromatic carbocycles. The first-order valence-corrected chi connectivity index (χ1v) is 6.37. The van der Waals surface area contributed by atoms with Crippen LogP contribution in [0.5, 0.6) is 0 Å². The van der Waals surface area contributed by atoms with E-state index in [4.69, 9.17) is 5.84 Å². The molecule has 19 heavy (non-hydrogen) atoms. The average Bonchev–Trinajstić information content (AvgIpc) is 2.46. The first kappa shape index (κ1) is 13.8. The standard InChI is InChI=1S/C13H19FN4O/c1-10(13(19)16-15)17-6-8-18(9-7-17)12-4-2-11(14)3-5-12/h2-5,10H,6-9,15H2,1H3,(H,16,19)/t10-/m1/s1. The molecule has 1 heterocycles. The zero-order chi connectivity index (χ0) is 13.8. The smallest absolute Gasteiger partial charge is 0.250 e. The maximum Gasteiger partial charge on any atom is 0.250 e. The number of carbonyl (C=O) groups is 1. The van der Waals surface area contributed by atoms with Crippen molar-refractivity contribution in [2.45, 2.75) is 13.0 Å². The van der Waals surface area contributed by atoms with E-state index >= 15 is 0 Å². The predicted molar refractivity (Wildman–Crippen MR) is 72.0 cm³/mol. The van der Waals surface area contributed by atoms with Crippen molar-refractivity contribution in [2.24, 2.45) is 5.84 Å². The highest BCUT2D eigenvalue weighted by Gasteiger charge is 2.25. The van der Waals surface area contributed by atoms with Crippen LogP contribution in [0.15, 0.2) is 24.3 Å². The summed E-state index contributed by atoms with van der Waals surface area (Å²) in [5, 5.41) is 0. The van der Waals surface area contributed by atoms with Crippen LogP contribution in [0.25, 0.3) is 0 Å². The Morgan fingerprint density at radius 3 is 2.37 bits per heavy atom. The molecule has 0 spiro atoms. The van der Waals surface area contributed by atoms with E-state index in [2.05, 4.69) is 15.2 Å². The first-order valence-electron chi connectivity index (χ1n) is 6.37. The van der Waals surface area contributed by atoms with Gasteiger partial charge in [0.2, 0.25) is 0 Å². The van der Waals surface area contributed by atoms with Crippen LogP contribution in [0.1, 0.15) is 6.92 Å². The number of nitrogens with two attached hydrogens (primary N) is 1. The molecule has 1 saturated heterocycles. The molecule has 6 heteroatoms. The number of halogens is 1. The molecular formula is C13H19FN4O. The van der Waals surface area contributed by atoms with Crippen molar-refractivity contribution < 1.29 is 9.18 Å². The van der Waals surface area contributed by atoms with Crippen molar-refractivity contribution >= 4 is 11.6 Å². The van der Waals surface area contributed by atoms with Gasteiger partial charge in [-0.1, -0.05) is 0 Å². The molecule has 0 radical (unpaired) electrons. The number of anilines is 1. The van der Waals surface area contributed by atoms with Gasteiger partial charge in [-0.05, 0) is 31.2 Å². The van der Waals surface area contributed by atoms with Crippen molar-refractivity contribution in [1.29, 1.82) is 0 Å². The molecule has 0 aliphatic carbocycles. The van der Waals surface area contributed by atoms with E-state index in [-0.39, 0.29) is 17.8 Å². The third-order valence-electron chi connectivity index (χ3n) is 3.58. The number of piperazine rings is 1. The molecule has 1 atom stereocenters. The van der Waals surface area contributed by atoms with Gasteiger partial charge >= 0.3 is 0 Å². The Morgan fingerprint density at radius 2 is 1.84 bits per heavy atom. The van der Waals surface area contributed by atoms with Crippen LogP contribution >= 0.6 is 0 Å². The Labute approximate surface area is 112 Å². The number of nitrogens with one attached hydrogen (secondary N) is 1. The fourth-order valence-electron chi connectivity index (χ4n) is 2.31. The lowest BCUT2D eigenvalue weighted by Crippen LogP contribution is -2.54. The first-order chi connectivity index (χ1) is 9.11. The summed E-state index contributed by atoms with van der Waals surface area (Å²) in [5.41, 5.74) is 3.19. The fourth-order valence-corrected chi connectivity index (χ4v) is 2.31. The summed E-state index contributed by atoms with van der Waals surface area (Å²) in [6.07, 6.45) is 0. The Hall–Kier alpha value is -1.66. The third kappa shape index (κ3) is 3.21. The summed E-state index contributed by atoms with van der Waals surface area (Å²) in [6, 6.07) is 6.26. The van der Waals surface area contributed by atoms with E-state index in [1.807, 2.05) is 6.92 Å². The van der Waals surface area contributed by atoms with Gasteiger partial charge in [0.15, 0.2) is 0 Å². The molecule has 2 rings (SSSR count). The molecule has 0 saturated carbocycles. The minimum Gasteiger partial charge on any atom is -0.369 e. The minimum absolute atomic E-state index is 0.171. The number of nitrogens with zero attached hydrogens (tertiary/aromatic N) is 2. The molecule has 1 aliphatic heterocycles. The molecular weight excluding hydrogens is 247 g/mol. The minimum atomic E-state index is -0.226. The van der Waals surface area contributed by atoms with Gasteiger partial charge in [-0.2, -0.15) is 0 Å². The van der Waals surface area contributed by atoms with E-state index < -0.39 is 0 Å². The molecule has 0 aromatic heterocycles. The van der Waals surface area contributed by atoms with Gasteiger partial charge in [-0.15, -0.1) is 0 Å². The second-order valence-corrected chi connectivity index (χ2v) is 4.68. The van der Waals surface area contributed by atoms with Gasteiger partial charge in [0.25, 0.3) is 5.91 Å². The zero-order valence-electron chi connectivity index (χ0n) is 11.0. The second-order valence-electron chi connectivity index (χ2n) is 4.68. The summed E-state index contributed by atoms with van der Waals surface area (Å²) in [4.78, 5) is 15.7. The van der Waals surface area contributed by atoms with Crippen LogP contribution in [0.2, 0.25) is 0 Å². The molecule has 0 bridgehead atoms. The second kappa shape index (κ2) is 5.99. The van der Waals surface area contributed by atoms with Crippen molar-refractivity contribution in [3.8, 4) is 0 Å². The number of carbonyl (C=O) groups excluding carboxylic acids is 1. The summed E-state index contributed by atoms with van der Waals surface area (Å²) >= 11 is 0. The number of benzene rings is 1. The number of hydrogen-bond donors (Lipinski definition) is 2. The van der Waals surface area contributed by atoms with E-state index in [1.54, 1.807) is 12.1 Å². The van der Waals surface area contributed by atoms with Gasteiger partial charge in [0.05, 0.1) is 6.04 Å². The predicted octanol–water partition coefficient (Wildman–Crippen LogP) is 0.326. The highest BCUT2D eigenvalue weighted by atomic mass is 19.1. The summed E-state index contributed by atoms with van der Waals surface area (Å²) < 4.78 is 12.9. The van der Waals surface area contributed by atoms with Gasteiger partial charge in [0.1, 0.15) is 5.82 Å². The number of hydrazine groups is 1. The Balaban J connectivity index is 1.92. The Bertz CT molecular complexity index is 429. The monoisotopic (exact) mass is 266 g/mol. The topological polar surface area (TPSA) is 61.6 Å². The normalized spacial score (nSPS) is 18.2. The van der Waals surface area contributed by atoms with Crippen molar-refractivity contribution in [2.75, 3.05) is 31.1 Å². The molecule has 0 unspecified atom stereocenters. The van der Waals surface area contributed by atoms with Gasteiger partial charge in [-0.3, -0.25) is 15.1 Å². The molecule has 1 aliphatic rings. The van der Waals surface area contributed by atoms with Crippen molar-refractivity contribution in [3.05, 3.63) is 30.1 Å². The maximum absolute atomic E-state index is 12.9. The van der Waals surface area contributed by atoms with Gasteiger partial charge in [0, 0.05) is 31.9 Å². The van der Waals surface area contributed by atoms with Crippen LogP contribution in [0.3, 0.4) is 0 Å². The van der Waals surface area contributed by atoms with Crippen LogP contribution in [0, 0.1) is 5.82 Å². The van der Waals surface area contributed by atoms with Gasteiger partial charge < -0.3 is 4.90 Å². The highest BCUT2D eigenvalue weighted by Crippen LogP contribution is 2.17. The largest absolute Gasteiger partial charge is 0.369 e. The van der Waals surface area contributed by atoms with Gasteiger partial charge in [-0.25, -0.2) is 10.2 Å². The lowest BCUT2D eigenvalue weighted by Gasteiger charge is -2.38. The van der Waals surface area contributed by atoms with E-state index in [1.165, 1.54) is 12.1 Å². The van der Waals surface area contributed by atoms with E-state index in [0.29, 0.717) is 0 Å². The summed E-state index contributed by atoms with van der Waals surface area (Å²) in [6.45, 7) is 5.04. The molecule has 5 nitrogen and oxygen atoms in total. The lowest BCUT2D eigenvalue weighted by molar-refractivity contribution is -0.126. The van der Waals surface area contributed by atoms with Crippen LogP contribution in [-0.4, -0.2) is 43.0 Å². The fraction of sp³-hybridized carbons (Fsp3) is 0.462. The third-order valence-corrected chi connectivity index (χ3v) is 3.58. The van der Waals surface area contributed by atoms with E-state index in [0.717, 1.165) is 31.9 Å². The lowest BCUT2D eigenvalue weighted by atomic mass is 10.2. The maximum atomic E-state index is 12.9. The summed E-state index contributed by atoms with van der Waals surface area (Å²) in [7, 11) is 0. The molecule has 1 fully saturated rings. The number of hydrogen-bond acceptors (Lipinski definition) is 4. The van der Waals surface area contributed by atoms with Crippen LogP contribution < -0.4 is 16.2 Å². The Morgan fingerprint density at radius 1 is 1.26 bits per heavy atom. The Kier molecular flexibility index (Phi) is 4.34. The molecule has 1 amide bonds. The molecule has 1 aromatic rings. The highest BCUT2D eigenvalue weighted by molar-refractivity contribution is 5.80. The van der Waals surface area contributed by atoms with Crippen LogP contribution in [0.4, 0.5) is 10.1 Å². The van der Waals surface area contributed by atoms with Crippen molar-refractivity contribution in [1.82, 2.24) is 10.3 Å². The van der Waals surface area contributed by atoms with Crippen LogP contribution in [-0.2, 0) is 4.79 Å². The quantitative estimate of drug-likeness (QED) is 0.470. The SMILES string of the molecule is C[C@H](C(=O)NN)N1CCN(c2ccc(F)cc2)CC1. The number of amides is 1. The van der Waals surface area contributed by atoms with E-state index in [9.17, 15) is 9.18 Å². The number of rotatable bonds is 3. The average molecular weight is 266 g/mol. The molecule has 104 valence electrons. The van der Waals surface area contributed by atoms with Crippen molar-refractivity contribution in [3.63, 3.8) is 0 Å². The zero-order valence-corrected chi connectivity index (χ0v) is 11.0. The summed E-state index contributed by atoms with van der Waals surface area (Å²) in [5.74, 6) is 4.74. The molecule has 3 N–H and O–H groups in total.